The van der Waals surface area contributed by atoms with Crippen LogP contribution in [0, 0.1) is 5.92 Å². The van der Waals surface area contributed by atoms with Gasteiger partial charge in [-0.3, -0.25) is 9.69 Å². The number of hydrogen-bond acceptors (Lipinski definition) is 5. The van der Waals surface area contributed by atoms with E-state index in [-0.39, 0.29) is 5.91 Å². The SMILES string of the molecule is CNc1ncccc1C(=O)NC[C@@H]1CCCN(Cc2cnc[nH]2)C1. The molecule has 2 aromatic heterocycles. The number of aromatic amines is 1. The Kier molecular flexibility index (Phi) is 5.43. The second-order valence-electron chi connectivity index (χ2n) is 6.18. The summed E-state index contributed by atoms with van der Waals surface area (Å²) in [6.07, 6.45) is 7.56. The number of amides is 1. The zero-order valence-corrected chi connectivity index (χ0v) is 14.0. The molecule has 1 saturated heterocycles. The van der Waals surface area contributed by atoms with Crippen LogP contribution in [0.25, 0.3) is 0 Å². The number of aromatic nitrogens is 3. The number of likely N-dealkylation sites (tertiary alicyclic amines) is 1. The van der Waals surface area contributed by atoms with Gasteiger partial charge in [-0.2, -0.15) is 0 Å². The van der Waals surface area contributed by atoms with Crippen molar-refractivity contribution in [2.24, 2.45) is 5.92 Å². The van der Waals surface area contributed by atoms with E-state index in [1.165, 1.54) is 0 Å². The number of anilines is 1. The molecule has 3 heterocycles. The fraction of sp³-hybridized carbons (Fsp3) is 0.471. The predicted molar refractivity (Wildman–Crippen MR) is 92.7 cm³/mol. The first-order valence-electron chi connectivity index (χ1n) is 8.37. The molecule has 3 rings (SSSR count). The third-order valence-corrected chi connectivity index (χ3v) is 4.39. The molecule has 2 aromatic rings. The smallest absolute Gasteiger partial charge is 0.255 e. The minimum Gasteiger partial charge on any atom is -0.372 e. The summed E-state index contributed by atoms with van der Waals surface area (Å²) in [5.41, 5.74) is 1.72. The minimum absolute atomic E-state index is 0.0712. The number of imidazole rings is 1. The second-order valence-corrected chi connectivity index (χ2v) is 6.18. The van der Waals surface area contributed by atoms with Crippen LogP contribution in [0.2, 0.25) is 0 Å². The second kappa shape index (κ2) is 7.92. The molecule has 24 heavy (non-hydrogen) atoms. The molecule has 1 fully saturated rings. The van der Waals surface area contributed by atoms with Gasteiger partial charge in [0.05, 0.1) is 11.9 Å². The largest absolute Gasteiger partial charge is 0.372 e. The Morgan fingerprint density at radius 2 is 2.42 bits per heavy atom. The first-order chi connectivity index (χ1) is 11.8. The first-order valence-corrected chi connectivity index (χ1v) is 8.37. The van der Waals surface area contributed by atoms with Gasteiger partial charge in [-0.25, -0.2) is 9.97 Å². The number of pyridine rings is 1. The van der Waals surface area contributed by atoms with Crippen LogP contribution in [0.1, 0.15) is 28.9 Å². The highest BCUT2D eigenvalue weighted by Crippen LogP contribution is 2.18. The van der Waals surface area contributed by atoms with Crippen LogP contribution in [-0.2, 0) is 6.54 Å². The standard InChI is InChI=1S/C17H24N6O/c1-18-16-15(5-2-6-20-16)17(24)21-8-13-4-3-7-23(10-13)11-14-9-19-12-22-14/h2,5-6,9,12-13H,3-4,7-8,10-11H2,1H3,(H,18,20)(H,19,22)(H,21,24)/t13-/m0/s1. The van der Waals surface area contributed by atoms with Crippen molar-refractivity contribution in [1.82, 2.24) is 25.2 Å². The van der Waals surface area contributed by atoms with Gasteiger partial charge in [-0.05, 0) is 37.4 Å². The molecule has 0 aliphatic carbocycles. The van der Waals surface area contributed by atoms with Crippen LogP contribution < -0.4 is 10.6 Å². The van der Waals surface area contributed by atoms with E-state index in [9.17, 15) is 4.79 Å². The lowest BCUT2D eigenvalue weighted by atomic mass is 9.97. The van der Waals surface area contributed by atoms with E-state index in [1.807, 2.05) is 6.20 Å². The average molecular weight is 328 g/mol. The van der Waals surface area contributed by atoms with E-state index in [4.69, 9.17) is 0 Å². The molecular weight excluding hydrogens is 304 g/mol. The van der Waals surface area contributed by atoms with E-state index < -0.39 is 0 Å². The van der Waals surface area contributed by atoms with Gasteiger partial charge in [0.2, 0.25) is 0 Å². The molecule has 1 amide bonds. The summed E-state index contributed by atoms with van der Waals surface area (Å²) in [6, 6.07) is 3.57. The number of carbonyl (C=O) groups is 1. The van der Waals surface area contributed by atoms with Crippen LogP contribution in [0.3, 0.4) is 0 Å². The van der Waals surface area contributed by atoms with E-state index in [1.54, 1.807) is 31.7 Å². The summed E-state index contributed by atoms with van der Waals surface area (Å²) in [4.78, 5) is 26.2. The molecule has 0 aromatic carbocycles. The topological polar surface area (TPSA) is 85.9 Å². The van der Waals surface area contributed by atoms with E-state index in [2.05, 4.69) is 30.5 Å². The zero-order chi connectivity index (χ0) is 16.8. The Morgan fingerprint density at radius 3 is 3.21 bits per heavy atom. The number of nitrogens with zero attached hydrogens (tertiary/aromatic N) is 3. The summed E-state index contributed by atoms with van der Waals surface area (Å²) >= 11 is 0. The van der Waals surface area contributed by atoms with Gasteiger partial charge in [0, 0.05) is 44.8 Å². The maximum absolute atomic E-state index is 12.4. The van der Waals surface area contributed by atoms with Crippen LogP contribution in [-0.4, -0.2) is 52.4 Å². The highest BCUT2D eigenvalue weighted by Gasteiger charge is 2.21. The summed E-state index contributed by atoms with van der Waals surface area (Å²) in [6.45, 7) is 3.66. The van der Waals surface area contributed by atoms with Crippen molar-refractivity contribution >= 4 is 11.7 Å². The number of hydrogen-bond donors (Lipinski definition) is 3. The molecule has 1 aliphatic heterocycles. The molecular formula is C17H24N6O. The highest BCUT2D eigenvalue weighted by atomic mass is 16.1. The summed E-state index contributed by atoms with van der Waals surface area (Å²) in [7, 11) is 1.77. The lowest BCUT2D eigenvalue weighted by Crippen LogP contribution is -2.40. The van der Waals surface area contributed by atoms with Crippen LogP contribution in [0.5, 0.6) is 0 Å². The van der Waals surface area contributed by atoms with Gasteiger partial charge in [0.15, 0.2) is 0 Å². The minimum atomic E-state index is -0.0712. The fourth-order valence-electron chi connectivity index (χ4n) is 3.19. The lowest BCUT2D eigenvalue weighted by Gasteiger charge is -2.32. The van der Waals surface area contributed by atoms with Gasteiger partial charge in [0.25, 0.3) is 5.91 Å². The number of rotatable bonds is 6. The van der Waals surface area contributed by atoms with Gasteiger partial charge in [-0.1, -0.05) is 0 Å². The first kappa shape index (κ1) is 16.4. The normalized spacial score (nSPS) is 18.3. The predicted octanol–water partition coefficient (Wildman–Crippen LogP) is 1.49. The van der Waals surface area contributed by atoms with Crippen molar-refractivity contribution in [3.63, 3.8) is 0 Å². The monoisotopic (exact) mass is 328 g/mol. The Labute approximate surface area is 141 Å². The maximum atomic E-state index is 12.4. The van der Waals surface area contributed by atoms with Gasteiger partial charge in [-0.15, -0.1) is 0 Å². The Morgan fingerprint density at radius 1 is 1.50 bits per heavy atom. The number of H-pyrrole nitrogens is 1. The third kappa shape index (κ3) is 4.11. The molecule has 0 saturated carbocycles. The third-order valence-electron chi connectivity index (χ3n) is 4.39. The van der Waals surface area contributed by atoms with E-state index >= 15 is 0 Å². The molecule has 7 nitrogen and oxygen atoms in total. The van der Waals surface area contributed by atoms with Crippen LogP contribution in [0.4, 0.5) is 5.82 Å². The highest BCUT2D eigenvalue weighted by molar-refractivity contribution is 5.98. The molecule has 7 heteroatoms. The molecule has 0 unspecified atom stereocenters. The molecule has 0 radical (unpaired) electrons. The van der Waals surface area contributed by atoms with E-state index in [0.717, 1.165) is 38.2 Å². The van der Waals surface area contributed by atoms with Gasteiger partial charge < -0.3 is 15.6 Å². The number of piperidine rings is 1. The average Bonchev–Trinajstić information content (AvgIpc) is 3.13. The van der Waals surface area contributed by atoms with Crippen molar-refractivity contribution < 1.29 is 4.79 Å². The molecule has 1 atom stereocenters. The van der Waals surface area contributed by atoms with Crippen molar-refractivity contribution in [1.29, 1.82) is 0 Å². The Bertz CT molecular complexity index is 657. The number of carbonyl (C=O) groups excluding carboxylic acids is 1. The maximum Gasteiger partial charge on any atom is 0.255 e. The van der Waals surface area contributed by atoms with Gasteiger partial charge in [0.1, 0.15) is 5.82 Å². The molecule has 1 aliphatic rings. The molecule has 3 N–H and O–H groups in total. The Balaban J connectivity index is 1.51. The molecule has 128 valence electrons. The van der Waals surface area contributed by atoms with Crippen molar-refractivity contribution in [3.05, 3.63) is 42.1 Å². The molecule has 0 spiro atoms. The van der Waals surface area contributed by atoms with Crippen molar-refractivity contribution in [2.75, 3.05) is 32.0 Å². The lowest BCUT2D eigenvalue weighted by molar-refractivity contribution is 0.0931. The summed E-state index contributed by atoms with van der Waals surface area (Å²) in [5, 5.41) is 6.01. The van der Waals surface area contributed by atoms with Crippen LogP contribution in [0.15, 0.2) is 30.9 Å². The Hall–Kier alpha value is -2.41. The summed E-state index contributed by atoms with van der Waals surface area (Å²) in [5.74, 6) is 1.01. The van der Waals surface area contributed by atoms with E-state index in [0.29, 0.717) is 23.8 Å². The molecule has 0 bridgehead atoms. The fourth-order valence-corrected chi connectivity index (χ4v) is 3.19. The number of nitrogens with one attached hydrogen (secondary N) is 3. The summed E-state index contributed by atoms with van der Waals surface area (Å²) < 4.78 is 0. The van der Waals surface area contributed by atoms with Crippen molar-refractivity contribution in [2.45, 2.75) is 19.4 Å². The van der Waals surface area contributed by atoms with Crippen LogP contribution >= 0.6 is 0 Å². The quantitative estimate of drug-likeness (QED) is 0.748. The zero-order valence-electron chi connectivity index (χ0n) is 14.0. The van der Waals surface area contributed by atoms with Gasteiger partial charge >= 0.3 is 0 Å². The van der Waals surface area contributed by atoms with Crippen molar-refractivity contribution in [3.8, 4) is 0 Å².